The normalized spacial score (nSPS) is 10.9. The molecule has 0 aliphatic rings. The van der Waals surface area contributed by atoms with Gasteiger partial charge in [-0.25, -0.2) is 4.98 Å². The molecule has 0 bridgehead atoms. The van der Waals surface area contributed by atoms with Crippen LogP contribution in [0.4, 0.5) is 5.69 Å². The molecule has 2 N–H and O–H groups in total. The third-order valence-corrected chi connectivity index (χ3v) is 5.30. The van der Waals surface area contributed by atoms with E-state index in [1.54, 1.807) is 12.5 Å². The van der Waals surface area contributed by atoms with Gasteiger partial charge in [0.1, 0.15) is 11.4 Å². The van der Waals surface area contributed by atoms with Crippen LogP contribution in [0.2, 0.25) is 0 Å². The lowest BCUT2D eigenvalue weighted by Crippen LogP contribution is -2.12. The number of aromatic amines is 1. The van der Waals surface area contributed by atoms with E-state index in [0.29, 0.717) is 34.5 Å². The molecule has 6 nitrogen and oxygen atoms in total. The first kappa shape index (κ1) is 18.6. The lowest BCUT2D eigenvalue weighted by atomic mass is 10.2. The third kappa shape index (κ3) is 4.40. The van der Waals surface area contributed by atoms with E-state index < -0.39 is 0 Å². The summed E-state index contributed by atoms with van der Waals surface area (Å²) in [6.07, 6.45) is 3.59. The van der Waals surface area contributed by atoms with Gasteiger partial charge in [0.2, 0.25) is 5.91 Å². The summed E-state index contributed by atoms with van der Waals surface area (Å²) in [5.74, 6) is 1.88. The Morgan fingerprint density at radius 1 is 1.07 bits per heavy atom. The Kier molecular flexibility index (Phi) is 5.68. The number of furan rings is 2. The highest BCUT2D eigenvalue weighted by Gasteiger charge is 2.18. The molecule has 4 aromatic rings. The predicted molar refractivity (Wildman–Crippen MR) is 112 cm³/mol. The number of thioether (sulfide) groups is 1. The van der Waals surface area contributed by atoms with Crippen molar-refractivity contribution in [3.63, 3.8) is 0 Å². The molecule has 0 fully saturated rings. The zero-order valence-electron chi connectivity index (χ0n) is 14.6. The first-order chi connectivity index (χ1) is 13.7. The van der Waals surface area contributed by atoms with E-state index in [-0.39, 0.29) is 5.91 Å². The van der Waals surface area contributed by atoms with Crippen molar-refractivity contribution < 1.29 is 13.6 Å². The van der Waals surface area contributed by atoms with Crippen LogP contribution < -0.4 is 5.32 Å². The van der Waals surface area contributed by atoms with Gasteiger partial charge in [-0.05, 0) is 48.5 Å². The molecule has 1 aromatic carbocycles. The van der Waals surface area contributed by atoms with Gasteiger partial charge in [0, 0.05) is 22.3 Å². The number of benzene rings is 1. The van der Waals surface area contributed by atoms with Gasteiger partial charge in [-0.3, -0.25) is 4.79 Å². The van der Waals surface area contributed by atoms with Gasteiger partial charge in [-0.15, -0.1) is 0 Å². The Morgan fingerprint density at radius 2 is 1.79 bits per heavy atom. The van der Waals surface area contributed by atoms with Crippen molar-refractivity contribution in [3.8, 4) is 22.9 Å². The number of imidazole rings is 1. The fourth-order valence-electron chi connectivity index (χ4n) is 2.61. The largest absolute Gasteiger partial charge is 0.463 e. The highest BCUT2D eigenvalue weighted by Crippen LogP contribution is 2.33. The fraction of sp³-hybridized carbons (Fsp3) is 0.100. The molecule has 0 unspecified atom stereocenters. The van der Waals surface area contributed by atoms with E-state index in [9.17, 15) is 4.79 Å². The summed E-state index contributed by atoms with van der Waals surface area (Å²) in [5, 5.41) is 3.59. The number of nitrogens with zero attached hydrogens (tertiary/aromatic N) is 1. The Balaban J connectivity index is 1.40. The molecule has 4 rings (SSSR count). The number of hydrogen-bond acceptors (Lipinski definition) is 5. The van der Waals surface area contributed by atoms with Gasteiger partial charge in [-0.1, -0.05) is 27.7 Å². The van der Waals surface area contributed by atoms with Crippen molar-refractivity contribution in [3.05, 3.63) is 65.5 Å². The third-order valence-electron chi connectivity index (χ3n) is 3.90. The second kappa shape index (κ2) is 8.53. The maximum absolute atomic E-state index is 12.1. The molecular formula is C20H16BrN3O3S. The van der Waals surface area contributed by atoms with Crippen LogP contribution >= 0.6 is 27.7 Å². The molecule has 0 saturated carbocycles. The lowest BCUT2D eigenvalue weighted by Gasteiger charge is -2.04. The molecule has 0 spiro atoms. The second-order valence-electron chi connectivity index (χ2n) is 5.87. The van der Waals surface area contributed by atoms with Gasteiger partial charge in [0.25, 0.3) is 0 Å². The topological polar surface area (TPSA) is 84.1 Å². The molecule has 0 atom stereocenters. The van der Waals surface area contributed by atoms with E-state index in [0.717, 1.165) is 15.9 Å². The minimum Gasteiger partial charge on any atom is -0.463 e. The molecule has 28 heavy (non-hydrogen) atoms. The Labute approximate surface area is 173 Å². The Bertz CT molecular complexity index is 990. The molecule has 1 amide bonds. The highest BCUT2D eigenvalue weighted by molar-refractivity contribution is 9.10. The van der Waals surface area contributed by atoms with Crippen molar-refractivity contribution in [2.45, 2.75) is 11.6 Å². The monoisotopic (exact) mass is 457 g/mol. The van der Waals surface area contributed by atoms with Crippen molar-refractivity contribution in [2.75, 3.05) is 11.1 Å². The van der Waals surface area contributed by atoms with Gasteiger partial charge in [0.05, 0.1) is 12.5 Å². The first-order valence-corrected chi connectivity index (χ1v) is 10.3. The number of amides is 1. The van der Waals surface area contributed by atoms with E-state index in [1.165, 1.54) is 11.8 Å². The van der Waals surface area contributed by atoms with Crippen LogP contribution in [0.5, 0.6) is 0 Å². The first-order valence-electron chi connectivity index (χ1n) is 8.55. The molecule has 0 radical (unpaired) electrons. The van der Waals surface area contributed by atoms with Gasteiger partial charge in [-0.2, -0.15) is 0 Å². The lowest BCUT2D eigenvalue weighted by molar-refractivity contribution is -0.115. The van der Waals surface area contributed by atoms with Crippen LogP contribution in [0.3, 0.4) is 0 Å². The summed E-state index contributed by atoms with van der Waals surface area (Å²) >= 11 is 4.85. The van der Waals surface area contributed by atoms with Gasteiger partial charge < -0.3 is 19.1 Å². The molecule has 8 heteroatoms. The molecular weight excluding hydrogens is 442 g/mol. The van der Waals surface area contributed by atoms with Crippen molar-refractivity contribution >= 4 is 39.3 Å². The molecule has 3 heterocycles. The summed E-state index contributed by atoms with van der Waals surface area (Å²) in [4.78, 5) is 20.0. The standard InChI is InChI=1S/C20H16BrN3O3S/c21-13-5-7-14(8-6-13)22-17(25)9-12-28-20-23-18(15-3-1-10-26-15)19(24-20)16-4-2-11-27-16/h1-8,10-11H,9,12H2,(H,22,25)(H,23,24). The Morgan fingerprint density at radius 3 is 2.46 bits per heavy atom. The average molecular weight is 458 g/mol. The molecule has 3 aromatic heterocycles. The number of aromatic nitrogens is 2. The van der Waals surface area contributed by atoms with E-state index in [2.05, 4.69) is 31.2 Å². The predicted octanol–water partition coefficient (Wildman–Crippen LogP) is 5.81. The molecule has 0 aliphatic heterocycles. The number of hydrogen-bond donors (Lipinski definition) is 2. The number of carbonyl (C=O) groups excluding carboxylic acids is 1. The second-order valence-corrected chi connectivity index (χ2v) is 7.87. The van der Waals surface area contributed by atoms with Gasteiger partial charge in [0.15, 0.2) is 16.7 Å². The van der Waals surface area contributed by atoms with Crippen molar-refractivity contribution in [2.24, 2.45) is 0 Å². The van der Waals surface area contributed by atoms with Gasteiger partial charge >= 0.3 is 0 Å². The van der Waals surface area contributed by atoms with Crippen LogP contribution in [0.25, 0.3) is 22.9 Å². The minimum absolute atomic E-state index is 0.0427. The summed E-state index contributed by atoms with van der Waals surface area (Å²) in [7, 11) is 0. The summed E-state index contributed by atoms with van der Waals surface area (Å²) < 4.78 is 12.0. The Hall–Kier alpha value is -2.71. The molecule has 0 aliphatic carbocycles. The van der Waals surface area contributed by atoms with Crippen molar-refractivity contribution in [1.29, 1.82) is 0 Å². The van der Waals surface area contributed by atoms with E-state index in [1.807, 2.05) is 48.5 Å². The smallest absolute Gasteiger partial charge is 0.225 e. The summed E-state index contributed by atoms with van der Waals surface area (Å²) in [6, 6.07) is 14.8. The quantitative estimate of drug-likeness (QED) is 0.342. The van der Waals surface area contributed by atoms with E-state index in [4.69, 9.17) is 8.83 Å². The van der Waals surface area contributed by atoms with Crippen LogP contribution in [0, 0.1) is 0 Å². The zero-order valence-corrected chi connectivity index (χ0v) is 17.0. The van der Waals surface area contributed by atoms with Crippen LogP contribution in [-0.4, -0.2) is 21.6 Å². The SMILES string of the molecule is O=C(CCSc1nc(-c2ccco2)c(-c2ccco2)[nH]1)Nc1ccc(Br)cc1. The number of anilines is 1. The fourth-order valence-corrected chi connectivity index (χ4v) is 3.68. The number of carbonyl (C=O) groups is 1. The van der Waals surface area contributed by atoms with Crippen LogP contribution in [0.1, 0.15) is 6.42 Å². The summed E-state index contributed by atoms with van der Waals surface area (Å²) in [5.41, 5.74) is 2.21. The number of rotatable bonds is 7. The average Bonchev–Trinajstić information content (AvgIpc) is 3.44. The van der Waals surface area contributed by atoms with Crippen LogP contribution in [-0.2, 0) is 4.79 Å². The number of halogens is 1. The zero-order chi connectivity index (χ0) is 19.3. The van der Waals surface area contributed by atoms with E-state index >= 15 is 0 Å². The maximum Gasteiger partial charge on any atom is 0.225 e. The number of H-pyrrole nitrogens is 1. The molecule has 0 saturated heterocycles. The summed E-state index contributed by atoms with van der Waals surface area (Å²) in [6.45, 7) is 0. The van der Waals surface area contributed by atoms with Crippen molar-refractivity contribution in [1.82, 2.24) is 9.97 Å². The van der Waals surface area contributed by atoms with Crippen LogP contribution in [0.15, 0.2) is 79.5 Å². The highest BCUT2D eigenvalue weighted by atomic mass is 79.9. The maximum atomic E-state index is 12.1. The molecule has 142 valence electrons. The number of nitrogens with one attached hydrogen (secondary N) is 2. The minimum atomic E-state index is -0.0427.